The summed E-state index contributed by atoms with van der Waals surface area (Å²) in [5.74, 6) is 0.828. The summed E-state index contributed by atoms with van der Waals surface area (Å²) in [6, 6.07) is 13.8. The molecule has 3 aromatic heterocycles. The van der Waals surface area contributed by atoms with Crippen molar-refractivity contribution >= 4 is 16.5 Å². The van der Waals surface area contributed by atoms with E-state index in [1.165, 1.54) is 5.56 Å². The highest BCUT2D eigenvalue weighted by Crippen LogP contribution is 2.32. The minimum absolute atomic E-state index is 0.717. The molecule has 0 fully saturated rings. The smallest absolute Gasteiger partial charge is 0.183 e. The molecule has 0 aliphatic heterocycles. The van der Waals surface area contributed by atoms with E-state index >= 15 is 0 Å². The van der Waals surface area contributed by atoms with Gasteiger partial charge in [0.2, 0.25) is 0 Å². The molecule has 6 nitrogen and oxygen atoms in total. The van der Waals surface area contributed by atoms with Crippen LogP contribution >= 0.6 is 11.3 Å². The molecule has 1 aromatic carbocycles. The fourth-order valence-corrected chi connectivity index (χ4v) is 3.64. The van der Waals surface area contributed by atoms with Crippen LogP contribution < -0.4 is 10.1 Å². The predicted octanol–water partition coefficient (Wildman–Crippen LogP) is 4.32. The van der Waals surface area contributed by atoms with Crippen LogP contribution in [0.15, 0.2) is 61.1 Å². The van der Waals surface area contributed by atoms with Crippen molar-refractivity contribution in [2.75, 3.05) is 12.4 Å². The second kappa shape index (κ2) is 7.59. The lowest BCUT2D eigenvalue weighted by molar-refractivity contribution is 0.414. The van der Waals surface area contributed by atoms with E-state index in [1.54, 1.807) is 30.8 Å². The third kappa shape index (κ3) is 3.83. The monoisotopic (exact) mass is 377 g/mol. The molecule has 0 bridgehead atoms. The number of ether oxygens (including phenoxy) is 1. The van der Waals surface area contributed by atoms with Gasteiger partial charge >= 0.3 is 0 Å². The molecule has 0 aliphatic carbocycles. The zero-order chi connectivity index (χ0) is 18.6. The van der Waals surface area contributed by atoms with E-state index < -0.39 is 0 Å². The van der Waals surface area contributed by atoms with Gasteiger partial charge in [-0.1, -0.05) is 11.3 Å². The SMILES string of the molecule is COc1ccc(-n2ccc(-c3sc(NCc4ccncc4)nc3C)n2)cc1. The number of rotatable bonds is 6. The van der Waals surface area contributed by atoms with E-state index in [4.69, 9.17) is 9.84 Å². The van der Waals surface area contributed by atoms with Crippen molar-refractivity contribution in [1.29, 1.82) is 0 Å². The molecular weight excluding hydrogens is 358 g/mol. The van der Waals surface area contributed by atoms with Gasteiger partial charge < -0.3 is 10.1 Å². The molecule has 0 aliphatic rings. The van der Waals surface area contributed by atoms with Crippen LogP contribution in [-0.2, 0) is 6.54 Å². The summed E-state index contributed by atoms with van der Waals surface area (Å²) in [7, 11) is 1.66. The highest BCUT2D eigenvalue weighted by atomic mass is 32.1. The lowest BCUT2D eigenvalue weighted by Crippen LogP contribution is -1.98. The van der Waals surface area contributed by atoms with Crippen molar-refractivity contribution in [3.63, 3.8) is 0 Å². The van der Waals surface area contributed by atoms with E-state index in [0.717, 1.165) is 39.4 Å². The number of nitrogens with one attached hydrogen (secondary N) is 1. The standard InChI is InChI=1S/C20H19N5OS/c1-14-19(27-20(23-14)22-13-15-7-10-21-11-8-15)18-9-12-25(24-18)16-3-5-17(26-2)6-4-16/h3-12H,13H2,1-2H3,(H,22,23). The lowest BCUT2D eigenvalue weighted by atomic mass is 10.3. The zero-order valence-electron chi connectivity index (χ0n) is 15.1. The van der Waals surface area contributed by atoms with E-state index in [9.17, 15) is 0 Å². The maximum Gasteiger partial charge on any atom is 0.183 e. The first-order chi connectivity index (χ1) is 13.2. The molecule has 7 heteroatoms. The lowest BCUT2D eigenvalue weighted by Gasteiger charge is -2.03. The van der Waals surface area contributed by atoms with Gasteiger partial charge in [0.1, 0.15) is 11.4 Å². The number of nitrogens with zero attached hydrogens (tertiary/aromatic N) is 4. The normalized spacial score (nSPS) is 10.7. The minimum atomic E-state index is 0.717. The van der Waals surface area contributed by atoms with Crippen molar-refractivity contribution in [2.24, 2.45) is 0 Å². The van der Waals surface area contributed by atoms with Crippen LogP contribution in [0.5, 0.6) is 5.75 Å². The van der Waals surface area contributed by atoms with Crippen molar-refractivity contribution in [2.45, 2.75) is 13.5 Å². The number of methoxy groups -OCH3 is 1. The number of pyridine rings is 1. The largest absolute Gasteiger partial charge is 0.497 e. The average Bonchev–Trinajstić information content (AvgIpc) is 3.34. The van der Waals surface area contributed by atoms with Gasteiger partial charge in [-0.15, -0.1) is 0 Å². The summed E-state index contributed by atoms with van der Waals surface area (Å²) in [6.45, 7) is 2.73. The number of aryl methyl sites for hydroxylation is 1. The summed E-state index contributed by atoms with van der Waals surface area (Å²) in [6.07, 6.45) is 5.54. The van der Waals surface area contributed by atoms with Gasteiger partial charge in [0.15, 0.2) is 5.13 Å². The van der Waals surface area contributed by atoms with Crippen LogP contribution in [0.4, 0.5) is 5.13 Å². The fraction of sp³-hybridized carbons (Fsp3) is 0.150. The summed E-state index contributed by atoms with van der Waals surface area (Å²) in [5.41, 5.74) is 4.04. The van der Waals surface area contributed by atoms with E-state index in [2.05, 4.69) is 15.3 Å². The van der Waals surface area contributed by atoms with Crippen molar-refractivity contribution in [3.8, 4) is 22.0 Å². The molecule has 0 saturated carbocycles. The Morgan fingerprint density at radius 1 is 1.07 bits per heavy atom. The molecule has 3 heterocycles. The number of thiazole rings is 1. The zero-order valence-corrected chi connectivity index (χ0v) is 15.9. The van der Waals surface area contributed by atoms with Crippen molar-refractivity contribution in [1.82, 2.24) is 19.7 Å². The Labute approximate surface area is 161 Å². The van der Waals surface area contributed by atoms with Gasteiger partial charge in [-0.25, -0.2) is 9.67 Å². The third-order valence-corrected chi connectivity index (χ3v) is 5.29. The van der Waals surface area contributed by atoms with E-state index in [0.29, 0.717) is 0 Å². The molecule has 4 aromatic rings. The summed E-state index contributed by atoms with van der Waals surface area (Å²) >= 11 is 1.61. The fourth-order valence-electron chi connectivity index (χ4n) is 2.71. The number of aromatic nitrogens is 4. The van der Waals surface area contributed by atoms with Gasteiger partial charge in [0.25, 0.3) is 0 Å². The van der Waals surface area contributed by atoms with Crippen molar-refractivity contribution in [3.05, 3.63) is 72.3 Å². The highest BCUT2D eigenvalue weighted by molar-refractivity contribution is 7.19. The Balaban J connectivity index is 1.52. The Hall–Kier alpha value is -3.19. The summed E-state index contributed by atoms with van der Waals surface area (Å²) in [4.78, 5) is 9.74. The molecule has 136 valence electrons. The Morgan fingerprint density at radius 3 is 2.59 bits per heavy atom. The quantitative estimate of drug-likeness (QED) is 0.542. The van der Waals surface area contributed by atoms with Gasteiger partial charge in [0, 0.05) is 25.1 Å². The maximum absolute atomic E-state index is 5.21. The molecule has 27 heavy (non-hydrogen) atoms. The van der Waals surface area contributed by atoms with Crippen LogP contribution in [0.3, 0.4) is 0 Å². The van der Waals surface area contributed by atoms with E-state index in [1.807, 2.05) is 60.3 Å². The molecular formula is C20H19N5OS. The van der Waals surface area contributed by atoms with Crippen LogP contribution in [0, 0.1) is 6.92 Å². The second-order valence-electron chi connectivity index (χ2n) is 5.99. The Morgan fingerprint density at radius 2 is 1.85 bits per heavy atom. The third-order valence-electron chi connectivity index (χ3n) is 4.15. The first-order valence-electron chi connectivity index (χ1n) is 8.53. The van der Waals surface area contributed by atoms with E-state index in [-0.39, 0.29) is 0 Å². The molecule has 0 spiro atoms. The molecule has 0 saturated heterocycles. The molecule has 0 amide bonds. The average molecular weight is 377 g/mol. The predicted molar refractivity (Wildman–Crippen MR) is 108 cm³/mol. The number of hydrogen-bond donors (Lipinski definition) is 1. The van der Waals surface area contributed by atoms with Crippen LogP contribution in [0.25, 0.3) is 16.3 Å². The van der Waals surface area contributed by atoms with Crippen LogP contribution in [0.1, 0.15) is 11.3 Å². The minimum Gasteiger partial charge on any atom is -0.497 e. The molecule has 4 rings (SSSR count). The number of benzene rings is 1. The summed E-state index contributed by atoms with van der Waals surface area (Å²) in [5, 5.41) is 8.97. The van der Waals surface area contributed by atoms with Gasteiger partial charge in [-0.05, 0) is 55.0 Å². The topological polar surface area (TPSA) is 64.9 Å². The maximum atomic E-state index is 5.21. The number of anilines is 1. The van der Waals surface area contributed by atoms with Crippen LogP contribution in [0.2, 0.25) is 0 Å². The number of hydrogen-bond acceptors (Lipinski definition) is 6. The van der Waals surface area contributed by atoms with Crippen LogP contribution in [-0.4, -0.2) is 26.9 Å². The van der Waals surface area contributed by atoms with Gasteiger partial charge in [-0.2, -0.15) is 5.10 Å². The Kier molecular flexibility index (Phi) is 4.84. The molecule has 0 atom stereocenters. The Bertz CT molecular complexity index is 1020. The molecule has 1 N–H and O–H groups in total. The van der Waals surface area contributed by atoms with Gasteiger partial charge in [0.05, 0.1) is 23.4 Å². The first-order valence-corrected chi connectivity index (χ1v) is 9.35. The second-order valence-corrected chi connectivity index (χ2v) is 6.99. The molecule has 0 unspecified atom stereocenters. The highest BCUT2D eigenvalue weighted by Gasteiger charge is 2.13. The van der Waals surface area contributed by atoms with Gasteiger partial charge in [-0.3, -0.25) is 4.98 Å². The van der Waals surface area contributed by atoms with Crippen molar-refractivity contribution < 1.29 is 4.74 Å². The molecule has 0 radical (unpaired) electrons. The first kappa shape index (κ1) is 17.2. The summed E-state index contributed by atoms with van der Waals surface area (Å²) < 4.78 is 7.07.